The second-order valence-corrected chi connectivity index (χ2v) is 8.34. The molecule has 3 heteroatoms. The van der Waals surface area contributed by atoms with Gasteiger partial charge in [-0.15, -0.1) is 0 Å². The Morgan fingerprint density at radius 3 is 2.48 bits per heavy atom. The molecular weight excluding hydrogens is 284 g/mol. The van der Waals surface area contributed by atoms with Crippen molar-refractivity contribution >= 4 is 5.91 Å². The zero-order valence-electron chi connectivity index (χ0n) is 15.0. The van der Waals surface area contributed by atoms with Gasteiger partial charge in [0.15, 0.2) is 0 Å². The van der Waals surface area contributed by atoms with Crippen molar-refractivity contribution in [3.8, 4) is 0 Å². The van der Waals surface area contributed by atoms with E-state index in [1.807, 2.05) is 0 Å². The van der Waals surface area contributed by atoms with Crippen LogP contribution in [0.3, 0.4) is 0 Å². The van der Waals surface area contributed by atoms with Crippen molar-refractivity contribution in [3.05, 3.63) is 12.7 Å². The SMILES string of the molecule is C=CC(=O)NC1CN(C2CCC(C(C)C)CC2)C2CCCCC12. The first-order valence-corrected chi connectivity index (χ1v) is 9.78. The predicted octanol–water partition coefficient (Wildman–Crippen LogP) is 3.75. The normalized spacial score (nSPS) is 38.3. The summed E-state index contributed by atoms with van der Waals surface area (Å²) in [5.41, 5.74) is 0. The molecule has 0 aromatic carbocycles. The fourth-order valence-electron chi connectivity index (χ4n) is 5.43. The van der Waals surface area contributed by atoms with Crippen molar-refractivity contribution in [1.29, 1.82) is 0 Å². The molecule has 0 bridgehead atoms. The number of carbonyl (C=O) groups is 1. The van der Waals surface area contributed by atoms with Crippen LogP contribution in [0.2, 0.25) is 0 Å². The molecule has 23 heavy (non-hydrogen) atoms. The predicted molar refractivity (Wildman–Crippen MR) is 95.2 cm³/mol. The smallest absolute Gasteiger partial charge is 0.243 e. The van der Waals surface area contributed by atoms with Crippen LogP contribution >= 0.6 is 0 Å². The molecule has 0 spiro atoms. The Morgan fingerprint density at radius 1 is 1.13 bits per heavy atom. The third-order valence-corrected chi connectivity index (χ3v) is 6.80. The highest BCUT2D eigenvalue weighted by Gasteiger charge is 2.45. The van der Waals surface area contributed by atoms with Crippen LogP contribution in [0.4, 0.5) is 0 Å². The van der Waals surface area contributed by atoms with Gasteiger partial charge in [0.2, 0.25) is 5.91 Å². The lowest BCUT2D eigenvalue weighted by molar-refractivity contribution is -0.117. The van der Waals surface area contributed by atoms with Gasteiger partial charge >= 0.3 is 0 Å². The van der Waals surface area contributed by atoms with Crippen LogP contribution < -0.4 is 5.32 Å². The number of fused-ring (bicyclic) bond motifs is 1. The standard InChI is InChI=1S/C20H34N2O/c1-4-20(23)21-18-13-22(19-8-6-5-7-17(18)19)16-11-9-15(10-12-16)14(2)3/h4,14-19H,1,5-13H2,2-3H3,(H,21,23). The monoisotopic (exact) mass is 318 g/mol. The summed E-state index contributed by atoms with van der Waals surface area (Å²) in [6.45, 7) is 9.42. The Hall–Kier alpha value is -0.830. The third-order valence-electron chi connectivity index (χ3n) is 6.80. The third kappa shape index (κ3) is 3.65. The van der Waals surface area contributed by atoms with Gasteiger partial charge in [-0.05, 0) is 62.4 Å². The van der Waals surface area contributed by atoms with Gasteiger partial charge in [0.25, 0.3) is 0 Å². The quantitative estimate of drug-likeness (QED) is 0.801. The maximum atomic E-state index is 11.8. The summed E-state index contributed by atoms with van der Waals surface area (Å²) in [6.07, 6.45) is 12.2. The highest BCUT2D eigenvalue weighted by Crippen LogP contribution is 2.41. The van der Waals surface area contributed by atoms with Crippen molar-refractivity contribution in [2.24, 2.45) is 17.8 Å². The maximum Gasteiger partial charge on any atom is 0.243 e. The molecule has 3 fully saturated rings. The van der Waals surface area contributed by atoms with Crippen LogP contribution in [0.5, 0.6) is 0 Å². The molecule has 3 unspecified atom stereocenters. The number of hydrogen-bond donors (Lipinski definition) is 1. The first-order chi connectivity index (χ1) is 11.1. The largest absolute Gasteiger partial charge is 0.348 e. The molecule has 3 atom stereocenters. The number of rotatable bonds is 4. The van der Waals surface area contributed by atoms with Crippen LogP contribution in [0.15, 0.2) is 12.7 Å². The number of hydrogen-bond acceptors (Lipinski definition) is 2. The van der Waals surface area contributed by atoms with E-state index in [0.717, 1.165) is 24.4 Å². The zero-order chi connectivity index (χ0) is 16.4. The number of nitrogens with zero attached hydrogens (tertiary/aromatic N) is 1. The molecule has 2 saturated carbocycles. The van der Waals surface area contributed by atoms with Crippen molar-refractivity contribution in [1.82, 2.24) is 10.2 Å². The molecule has 1 aliphatic heterocycles. The molecule has 3 rings (SSSR count). The van der Waals surface area contributed by atoms with Crippen molar-refractivity contribution < 1.29 is 4.79 Å². The van der Waals surface area contributed by atoms with Gasteiger partial charge in [-0.1, -0.05) is 33.3 Å². The topological polar surface area (TPSA) is 32.3 Å². The second-order valence-electron chi connectivity index (χ2n) is 8.34. The summed E-state index contributed by atoms with van der Waals surface area (Å²) in [5, 5.41) is 3.23. The van der Waals surface area contributed by atoms with Gasteiger partial charge in [0.1, 0.15) is 0 Å². The van der Waals surface area contributed by atoms with Gasteiger partial charge in [0.05, 0.1) is 0 Å². The summed E-state index contributed by atoms with van der Waals surface area (Å²) in [5.74, 6) is 2.42. The van der Waals surface area contributed by atoms with E-state index in [-0.39, 0.29) is 5.91 Å². The molecular formula is C20H34N2O. The van der Waals surface area contributed by atoms with E-state index in [0.29, 0.717) is 18.0 Å². The van der Waals surface area contributed by atoms with Gasteiger partial charge in [0, 0.05) is 24.7 Å². The highest BCUT2D eigenvalue weighted by molar-refractivity contribution is 5.87. The minimum absolute atomic E-state index is 0.00434. The lowest BCUT2D eigenvalue weighted by atomic mass is 9.78. The Morgan fingerprint density at radius 2 is 1.83 bits per heavy atom. The van der Waals surface area contributed by atoms with E-state index in [1.165, 1.54) is 57.4 Å². The number of amides is 1. The maximum absolute atomic E-state index is 11.8. The Balaban J connectivity index is 1.65. The fraction of sp³-hybridized carbons (Fsp3) is 0.850. The van der Waals surface area contributed by atoms with Gasteiger partial charge in [-0.3, -0.25) is 9.69 Å². The van der Waals surface area contributed by atoms with E-state index in [2.05, 4.69) is 30.6 Å². The number of nitrogens with one attached hydrogen (secondary N) is 1. The number of carbonyl (C=O) groups excluding carboxylic acids is 1. The van der Waals surface area contributed by atoms with Gasteiger partial charge in [-0.2, -0.15) is 0 Å². The Bertz CT molecular complexity index is 425. The van der Waals surface area contributed by atoms with E-state index in [1.54, 1.807) is 0 Å². The molecule has 0 radical (unpaired) electrons. The summed E-state index contributed by atoms with van der Waals surface area (Å²) >= 11 is 0. The van der Waals surface area contributed by atoms with Crippen molar-refractivity contribution in [2.45, 2.75) is 83.3 Å². The summed E-state index contributed by atoms with van der Waals surface area (Å²) < 4.78 is 0. The molecule has 130 valence electrons. The minimum atomic E-state index is 0.00434. The fourth-order valence-corrected chi connectivity index (χ4v) is 5.43. The molecule has 1 amide bonds. The molecule has 1 heterocycles. The van der Waals surface area contributed by atoms with Crippen LogP contribution in [0, 0.1) is 17.8 Å². The van der Waals surface area contributed by atoms with Crippen molar-refractivity contribution in [3.63, 3.8) is 0 Å². The molecule has 3 aliphatic rings. The molecule has 1 N–H and O–H groups in total. The first kappa shape index (κ1) is 17.0. The Kier molecular flexibility index (Phi) is 5.45. The van der Waals surface area contributed by atoms with Crippen LogP contribution in [0.25, 0.3) is 0 Å². The van der Waals surface area contributed by atoms with Crippen LogP contribution in [-0.4, -0.2) is 35.5 Å². The van der Waals surface area contributed by atoms with Crippen LogP contribution in [-0.2, 0) is 4.79 Å². The Labute approximate surface area is 141 Å². The van der Waals surface area contributed by atoms with E-state index in [4.69, 9.17) is 0 Å². The second kappa shape index (κ2) is 7.38. The molecule has 1 saturated heterocycles. The van der Waals surface area contributed by atoms with E-state index >= 15 is 0 Å². The lowest BCUT2D eigenvalue weighted by Crippen LogP contribution is -2.44. The average Bonchev–Trinajstić information content (AvgIpc) is 2.93. The molecule has 0 aromatic heterocycles. The van der Waals surface area contributed by atoms with Crippen molar-refractivity contribution in [2.75, 3.05) is 6.54 Å². The number of likely N-dealkylation sites (tertiary alicyclic amines) is 1. The zero-order valence-corrected chi connectivity index (χ0v) is 15.0. The summed E-state index contributed by atoms with van der Waals surface area (Å²) in [4.78, 5) is 14.6. The average molecular weight is 319 g/mol. The van der Waals surface area contributed by atoms with Crippen LogP contribution in [0.1, 0.15) is 65.2 Å². The molecule has 3 nitrogen and oxygen atoms in total. The van der Waals surface area contributed by atoms with Gasteiger partial charge < -0.3 is 5.32 Å². The molecule has 2 aliphatic carbocycles. The first-order valence-electron chi connectivity index (χ1n) is 9.78. The van der Waals surface area contributed by atoms with E-state index < -0.39 is 0 Å². The summed E-state index contributed by atoms with van der Waals surface area (Å²) in [7, 11) is 0. The van der Waals surface area contributed by atoms with Gasteiger partial charge in [-0.25, -0.2) is 0 Å². The minimum Gasteiger partial charge on any atom is -0.348 e. The highest BCUT2D eigenvalue weighted by atomic mass is 16.1. The molecule has 0 aromatic rings. The summed E-state index contributed by atoms with van der Waals surface area (Å²) in [6, 6.07) is 1.80. The van der Waals surface area contributed by atoms with E-state index in [9.17, 15) is 4.79 Å². The lowest BCUT2D eigenvalue weighted by Gasteiger charge is -2.41.